The molecular weight excluding hydrogens is 262 g/mol. The molecule has 0 amide bonds. The predicted octanol–water partition coefficient (Wildman–Crippen LogP) is 3.08. The molecule has 4 nitrogen and oxygen atoms in total. The molecule has 4 heteroatoms. The van der Waals surface area contributed by atoms with Crippen LogP contribution in [0.5, 0.6) is 0 Å². The second-order valence-electron chi connectivity index (χ2n) is 5.96. The molecular formula is C17H31N3O. The lowest BCUT2D eigenvalue weighted by molar-refractivity contribution is 0.203. The van der Waals surface area contributed by atoms with Crippen LogP contribution in [0.3, 0.4) is 0 Å². The van der Waals surface area contributed by atoms with Crippen LogP contribution >= 0.6 is 0 Å². The van der Waals surface area contributed by atoms with Gasteiger partial charge in [-0.05, 0) is 37.9 Å². The van der Waals surface area contributed by atoms with E-state index in [0.717, 1.165) is 44.2 Å². The summed E-state index contributed by atoms with van der Waals surface area (Å²) in [5, 5.41) is 3.45. The van der Waals surface area contributed by atoms with E-state index in [-0.39, 0.29) is 0 Å². The molecule has 0 radical (unpaired) electrons. The maximum absolute atomic E-state index is 5.23. The molecule has 21 heavy (non-hydrogen) atoms. The number of methoxy groups -OCH3 is 1. The molecule has 0 aliphatic rings. The van der Waals surface area contributed by atoms with E-state index in [1.807, 2.05) is 0 Å². The zero-order chi connectivity index (χ0) is 15.7. The fourth-order valence-corrected chi connectivity index (χ4v) is 2.19. The van der Waals surface area contributed by atoms with Gasteiger partial charge in [0.2, 0.25) is 0 Å². The first kappa shape index (κ1) is 17.9. The van der Waals surface area contributed by atoms with Gasteiger partial charge in [-0.3, -0.25) is 0 Å². The van der Waals surface area contributed by atoms with Crippen molar-refractivity contribution in [1.82, 2.24) is 10.3 Å². The van der Waals surface area contributed by atoms with E-state index in [4.69, 9.17) is 9.72 Å². The molecule has 1 rings (SSSR count). The number of pyridine rings is 1. The monoisotopic (exact) mass is 293 g/mol. The van der Waals surface area contributed by atoms with Gasteiger partial charge >= 0.3 is 0 Å². The Morgan fingerprint density at radius 3 is 2.67 bits per heavy atom. The minimum atomic E-state index is 0.464. The molecule has 0 bridgehead atoms. The van der Waals surface area contributed by atoms with Crippen LogP contribution in [0.1, 0.15) is 39.8 Å². The number of ether oxygens (including phenoxy) is 1. The van der Waals surface area contributed by atoms with Gasteiger partial charge in [-0.15, -0.1) is 0 Å². The van der Waals surface area contributed by atoms with Crippen molar-refractivity contribution >= 4 is 5.82 Å². The number of hydrogen-bond donors (Lipinski definition) is 1. The Balaban J connectivity index is 2.73. The average Bonchev–Trinajstić information content (AvgIpc) is 2.47. The molecule has 1 unspecified atom stereocenters. The van der Waals surface area contributed by atoms with Crippen LogP contribution in [0, 0.1) is 5.92 Å². The molecule has 1 aromatic rings. The zero-order valence-corrected chi connectivity index (χ0v) is 14.2. The van der Waals surface area contributed by atoms with Crippen molar-refractivity contribution < 1.29 is 4.74 Å². The molecule has 0 saturated heterocycles. The molecule has 1 atom stereocenters. The second-order valence-corrected chi connectivity index (χ2v) is 5.96. The molecule has 1 aromatic heterocycles. The summed E-state index contributed by atoms with van der Waals surface area (Å²) in [6.07, 6.45) is 1.10. The van der Waals surface area contributed by atoms with Gasteiger partial charge in [0.15, 0.2) is 0 Å². The molecule has 0 saturated carbocycles. The Kier molecular flexibility index (Phi) is 8.31. The van der Waals surface area contributed by atoms with Gasteiger partial charge < -0.3 is 15.0 Å². The van der Waals surface area contributed by atoms with Crippen molar-refractivity contribution in [3.63, 3.8) is 0 Å². The van der Waals surface area contributed by atoms with Gasteiger partial charge in [-0.1, -0.05) is 26.8 Å². The van der Waals surface area contributed by atoms with E-state index >= 15 is 0 Å². The number of aromatic nitrogens is 1. The van der Waals surface area contributed by atoms with Crippen molar-refractivity contribution in [3.8, 4) is 0 Å². The largest absolute Gasteiger partial charge is 0.383 e. The smallest absolute Gasteiger partial charge is 0.129 e. The van der Waals surface area contributed by atoms with Crippen LogP contribution in [-0.2, 0) is 11.3 Å². The summed E-state index contributed by atoms with van der Waals surface area (Å²) in [6, 6.07) is 6.73. The Hall–Kier alpha value is -1.13. The van der Waals surface area contributed by atoms with E-state index in [0.29, 0.717) is 12.0 Å². The highest BCUT2D eigenvalue weighted by molar-refractivity contribution is 5.40. The summed E-state index contributed by atoms with van der Waals surface area (Å²) < 4.78 is 5.23. The summed E-state index contributed by atoms with van der Waals surface area (Å²) in [5.41, 5.74) is 1.10. The zero-order valence-electron chi connectivity index (χ0n) is 14.2. The Bertz CT molecular complexity index is 395. The molecule has 1 N–H and O–H groups in total. The summed E-state index contributed by atoms with van der Waals surface area (Å²) in [7, 11) is 1.74. The first-order valence-electron chi connectivity index (χ1n) is 8.00. The Labute approximate surface area is 129 Å². The molecule has 0 aliphatic heterocycles. The van der Waals surface area contributed by atoms with Gasteiger partial charge in [0.1, 0.15) is 5.82 Å². The maximum atomic E-state index is 5.23. The van der Waals surface area contributed by atoms with Gasteiger partial charge in [0, 0.05) is 26.2 Å². The lowest BCUT2D eigenvalue weighted by Gasteiger charge is -2.29. The van der Waals surface area contributed by atoms with Gasteiger partial charge in [0.05, 0.1) is 12.3 Å². The van der Waals surface area contributed by atoms with Crippen molar-refractivity contribution in [3.05, 3.63) is 23.9 Å². The maximum Gasteiger partial charge on any atom is 0.129 e. The van der Waals surface area contributed by atoms with Crippen LogP contribution in [0.4, 0.5) is 5.82 Å². The number of rotatable bonds is 10. The Morgan fingerprint density at radius 2 is 2.05 bits per heavy atom. The van der Waals surface area contributed by atoms with Crippen LogP contribution in [-0.4, -0.2) is 37.8 Å². The second kappa shape index (κ2) is 9.74. The topological polar surface area (TPSA) is 37.4 Å². The van der Waals surface area contributed by atoms with Crippen molar-refractivity contribution in [2.45, 2.75) is 46.7 Å². The SMILES string of the molecule is CCC(C)N(CCOC)c1cccc(CNCC(C)C)n1. The summed E-state index contributed by atoms with van der Waals surface area (Å²) in [5.74, 6) is 1.71. The van der Waals surface area contributed by atoms with Gasteiger partial charge in [-0.25, -0.2) is 4.98 Å². The van der Waals surface area contributed by atoms with Crippen LogP contribution < -0.4 is 10.2 Å². The third kappa shape index (κ3) is 6.44. The van der Waals surface area contributed by atoms with Gasteiger partial charge in [0.25, 0.3) is 0 Å². The molecule has 120 valence electrons. The highest BCUT2D eigenvalue weighted by atomic mass is 16.5. The number of nitrogens with zero attached hydrogens (tertiary/aromatic N) is 2. The van der Waals surface area contributed by atoms with E-state index < -0.39 is 0 Å². The van der Waals surface area contributed by atoms with Crippen molar-refractivity contribution in [2.24, 2.45) is 5.92 Å². The van der Waals surface area contributed by atoms with Crippen LogP contribution in [0.15, 0.2) is 18.2 Å². The van der Waals surface area contributed by atoms with E-state index in [1.165, 1.54) is 0 Å². The molecule has 0 spiro atoms. The summed E-state index contributed by atoms with van der Waals surface area (Å²) in [6.45, 7) is 12.3. The predicted molar refractivity (Wildman–Crippen MR) is 89.8 cm³/mol. The van der Waals surface area contributed by atoms with E-state index in [2.05, 4.69) is 56.1 Å². The van der Waals surface area contributed by atoms with Gasteiger partial charge in [-0.2, -0.15) is 0 Å². The fourth-order valence-electron chi connectivity index (χ4n) is 2.19. The number of hydrogen-bond acceptors (Lipinski definition) is 4. The first-order chi connectivity index (χ1) is 10.1. The standard InChI is InChI=1S/C17H31N3O/c1-6-15(4)20(10-11-21-5)17-9-7-8-16(19-17)13-18-12-14(2)3/h7-9,14-15,18H,6,10-13H2,1-5H3. The first-order valence-corrected chi connectivity index (χ1v) is 8.00. The minimum Gasteiger partial charge on any atom is -0.383 e. The van der Waals surface area contributed by atoms with Crippen molar-refractivity contribution in [2.75, 3.05) is 31.7 Å². The van der Waals surface area contributed by atoms with E-state index in [9.17, 15) is 0 Å². The van der Waals surface area contributed by atoms with E-state index in [1.54, 1.807) is 7.11 Å². The molecule has 0 aliphatic carbocycles. The Morgan fingerprint density at radius 1 is 1.29 bits per heavy atom. The lowest BCUT2D eigenvalue weighted by Crippen LogP contribution is -2.36. The quantitative estimate of drug-likeness (QED) is 0.719. The number of anilines is 1. The number of nitrogens with one attached hydrogen (secondary N) is 1. The molecule has 0 aromatic carbocycles. The average molecular weight is 293 g/mol. The van der Waals surface area contributed by atoms with Crippen LogP contribution in [0.25, 0.3) is 0 Å². The highest BCUT2D eigenvalue weighted by Gasteiger charge is 2.14. The fraction of sp³-hybridized carbons (Fsp3) is 0.706. The third-order valence-corrected chi connectivity index (χ3v) is 3.60. The third-order valence-electron chi connectivity index (χ3n) is 3.60. The highest BCUT2D eigenvalue weighted by Crippen LogP contribution is 2.16. The minimum absolute atomic E-state index is 0.464. The van der Waals surface area contributed by atoms with Crippen LogP contribution in [0.2, 0.25) is 0 Å². The molecule has 1 heterocycles. The molecule has 0 fully saturated rings. The summed E-state index contributed by atoms with van der Waals surface area (Å²) in [4.78, 5) is 7.13. The lowest BCUT2D eigenvalue weighted by atomic mass is 10.2. The summed E-state index contributed by atoms with van der Waals surface area (Å²) >= 11 is 0. The normalized spacial score (nSPS) is 12.7. The van der Waals surface area contributed by atoms with Crippen molar-refractivity contribution in [1.29, 1.82) is 0 Å².